The summed E-state index contributed by atoms with van der Waals surface area (Å²) in [7, 11) is 0. The number of benzene rings is 3. The summed E-state index contributed by atoms with van der Waals surface area (Å²) in [5, 5.41) is 19.8. The summed E-state index contributed by atoms with van der Waals surface area (Å²) in [6.45, 7) is 0. The van der Waals surface area contributed by atoms with Gasteiger partial charge in [-0.2, -0.15) is 0 Å². The molecular weight excluding hydrogens is 342 g/mol. The van der Waals surface area contributed by atoms with Crippen LogP contribution in [0.5, 0.6) is 0 Å². The lowest BCUT2D eigenvalue weighted by molar-refractivity contribution is -0.383. The number of aromatic nitrogens is 2. The van der Waals surface area contributed by atoms with Crippen LogP contribution in [0.25, 0.3) is 10.8 Å². The van der Waals surface area contributed by atoms with E-state index >= 15 is 0 Å². The Bertz CT molecular complexity index is 1110. The lowest BCUT2D eigenvalue weighted by atomic mass is 10.1. The Morgan fingerprint density at radius 2 is 1.44 bits per heavy atom. The van der Waals surface area contributed by atoms with Crippen molar-refractivity contribution < 1.29 is 4.92 Å². The Morgan fingerprint density at radius 3 is 2.22 bits per heavy atom. The molecule has 0 atom stereocenters. The minimum absolute atomic E-state index is 0.129. The molecule has 0 saturated heterocycles. The number of anilines is 4. The zero-order chi connectivity index (χ0) is 18.6. The highest BCUT2D eigenvalue weighted by Gasteiger charge is 2.23. The highest BCUT2D eigenvalue weighted by atomic mass is 16.6. The Labute approximate surface area is 154 Å². The zero-order valence-corrected chi connectivity index (χ0v) is 14.2. The van der Waals surface area contributed by atoms with E-state index in [4.69, 9.17) is 0 Å². The molecule has 132 valence electrons. The average molecular weight is 357 g/mol. The molecule has 0 radical (unpaired) electrons. The van der Waals surface area contributed by atoms with Crippen molar-refractivity contribution in [1.82, 2.24) is 9.97 Å². The van der Waals surface area contributed by atoms with Crippen LogP contribution in [0.15, 0.2) is 79.1 Å². The number of nitrogens with one attached hydrogen (secondary N) is 2. The fourth-order valence-corrected chi connectivity index (χ4v) is 2.85. The van der Waals surface area contributed by atoms with Gasteiger partial charge in [-0.3, -0.25) is 10.1 Å². The van der Waals surface area contributed by atoms with Gasteiger partial charge in [0.15, 0.2) is 0 Å². The van der Waals surface area contributed by atoms with Crippen LogP contribution in [0.2, 0.25) is 0 Å². The molecule has 0 aliphatic rings. The molecule has 0 saturated carbocycles. The van der Waals surface area contributed by atoms with Gasteiger partial charge in [-0.25, -0.2) is 9.97 Å². The van der Waals surface area contributed by atoms with Gasteiger partial charge < -0.3 is 10.6 Å². The molecule has 0 aliphatic heterocycles. The van der Waals surface area contributed by atoms with Crippen LogP contribution in [0, 0.1) is 10.1 Å². The molecule has 1 heterocycles. The highest BCUT2D eigenvalue weighted by molar-refractivity contribution is 5.96. The molecule has 3 aromatic carbocycles. The third kappa shape index (κ3) is 3.38. The van der Waals surface area contributed by atoms with Gasteiger partial charge in [0.25, 0.3) is 0 Å². The molecule has 27 heavy (non-hydrogen) atoms. The molecule has 0 unspecified atom stereocenters. The van der Waals surface area contributed by atoms with Crippen molar-refractivity contribution >= 4 is 39.5 Å². The second kappa shape index (κ2) is 7.09. The van der Waals surface area contributed by atoms with Crippen LogP contribution >= 0.6 is 0 Å². The summed E-state index contributed by atoms with van der Waals surface area (Å²) in [5.74, 6) is 0.258. The number of para-hydroxylation sites is 1. The summed E-state index contributed by atoms with van der Waals surface area (Å²) in [6.07, 6.45) is 1.30. The monoisotopic (exact) mass is 357 g/mol. The predicted octanol–water partition coefficient (Wildman–Crippen LogP) is 5.03. The van der Waals surface area contributed by atoms with Crippen molar-refractivity contribution in [2.75, 3.05) is 10.6 Å². The largest absolute Gasteiger partial charge is 0.353 e. The minimum atomic E-state index is -0.487. The van der Waals surface area contributed by atoms with Gasteiger partial charge in [0.1, 0.15) is 6.33 Å². The molecule has 1 aromatic heterocycles. The maximum Gasteiger partial charge on any atom is 0.353 e. The fourth-order valence-electron chi connectivity index (χ4n) is 2.85. The van der Waals surface area contributed by atoms with E-state index in [0.717, 1.165) is 16.5 Å². The van der Waals surface area contributed by atoms with Crippen molar-refractivity contribution in [3.05, 3.63) is 89.2 Å². The second-order valence-corrected chi connectivity index (χ2v) is 5.82. The first-order chi connectivity index (χ1) is 13.2. The number of rotatable bonds is 5. The minimum Gasteiger partial charge on any atom is -0.334 e. The normalized spacial score (nSPS) is 10.5. The lowest BCUT2D eigenvalue weighted by Gasteiger charge is -2.11. The maximum absolute atomic E-state index is 11.7. The quantitative estimate of drug-likeness (QED) is 0.384. The first-order valence-electron chi connectivity index (χ1n) is 8.28. The van der Waals surface area contributed by atoms with Gasteiger partial charge in [0, 0.05) is 16.8 Å². The zero-order valence-electron chi connectivity index (χ0n) is 14.2. The Morgan fingerprint density at radius 1 is 0.778 bits per heavy atom. The van der Waals surface area contributed by atoms with E-state index < -0.39 is 4.92 Å². The van der Waals surface area contributed by atoms with Gasteiger partial charge in [-0.05, 0) is 23.6 Å². The van der Waals surface area contributed by atoms with Crippen molar-refractivity contribution in [3.63, 3.8) is 0 Å². The molecular formula is C20H15N5O2. The number of nitro groups is 1. The highest BCUT2D eigenvalue weighted by Crippen LogP contribution is 2.34. The van der Waals surface area contributed by atoms with E-state index in [0.29, 0.717) is 5.69 Å². The van der Waals surface area contributed by atoms with E-state index in [1.807, 2.05) is 72.8 Å². The average Bonchev–Trinajstić information content (AvgIpc) is 2.69. The van der Waals surface area contributed by atoms with E-state index in [1.54, 1.807) is 0 Å². The number of fused-ring (bicyclic) bond motifs is 1. The summed E-state index contributed by atoms with van der Waals surface area (Å²) in [5.41, 5.74) is 1.23. The summed E-state index contributed by atoms with van der Waals surface area (Å²) in [6, 6.07) is 22.7. The van der Waals surface area contributed by atoms with E-state index in [9.17, 15) is 10.1 Å². The van der Waals surface area contributed by atoms with Crippen LogP contribution in [0.3, 0.4) is 0 Å². The van der Waals surface area contributed by atoms with Crippen LogP contribution in [-0.2, 0) is 0 Å². The molecule has 2 N–H and O–H groups in total. The topological polar surface area (TPSA) is 93.0 Å². The van der Waals surface area contributed by atoms with Crippen LogP contribution in [0.4, 0.5) is 28.7 Å². The maximum atomic E-state index is 11.7. The van der Waals surface area contributed by atoms with E-state index in [1.165, 1.54) is 6.33 Å². The Hall–Kier alpha value is -4.00. The van der Waals surface area contributed by atoms with Crippen molar-refractivity contribution in [3.8, 4) is 0 Å². The molecule has 4 rings (SSSR count). The first kappa shape index (κ1) is 16.5. The van der Waals surface area contributed by atoms with Crippen LogP contribution < -0.4 is 10.6 Å². The fraction of sp³-hybridized carbons (Fsp3) is 0. The van der Waals surface area contributed by atoms with Crippen LogP contribution in [-0.4, -0.2) is 14.9 Å². The van der Waals surface area contributed by atoms with Gasteiger partial charge >= 0.3 is 5.69 Å². The predicted molar refractivity (Wildman–Crippen MR) is 106 cm³/mol. The third-order valence-corrected chi connectivity index (χ3v) is 4.08. The van der Waals surface area contributed by atoms with Gasteiger partial charge in [0.05, 0.1) is 4.92 Å². The van der Waals surface area contributed by atoms with Gasteiger partial charge in [-0.1, -0.05) is 54.6 Å². The van der Waals surface area contributed by atoms with Crippen LogP contribution in [0.1, 0.15) is 0 Å². The lowest BCUT2D eigenvalue weighted by Crippen LogP contribution is -2.05. The molecule has 0 amide bonds. The first-order valence-corrected chi connectivity index (χ1v) is 8.28. The van der Waals surface area contributed by atoms with E-state index in [2.05, 4.69) is 20.6 Å². The number of hydrogen-bond donors (Lipinski definition) is 2. The van der Waals surface area contributed by atoms with Crippen molar-refractivity contribution in [1.29, 1.82) is 0 Å². The molecule has 7 nitrogen and oxygen atoms in total. The molecule has 0 bridgehead atoms. The third-order valence-electron chi connectivity index (χ3n) is 4.08. The SMILES string of the molecule is O=[N+]([O-])c1c(Nc2ccccc2)ncnc1Nc1cccc2ccccc12. The summed E-state index contributed by atoms with van der Waals surface area (Å²) < 4.78 is 0. The summed E-state index contributed by atoms with van der Waals surface area (Å²) >= 11 is 0. The van der Waals surface area contributed by atoms with E-state index in [-0.39, 0.29) is 17.3 Å². The van der Waals surface area contributed by atoms with Gasteiger partial charge in [0.2, 0.25) is 11.6 Å². The number of nitrogens with zero attached hydrogens (tertiary/aromatic N) is 3. The standard InChI is InChI=1S/C20H15N5O2/c26-25(27)18-19(23-15-9-2-1-3-10-15)21-13-22-20(18)24-17-12-6-8-14-7-4-5-11-16(14)17/h1-13H,(H2,21,22,23,24). The summed E-state index contributed by atoms with van der Waals surface area (Å²) in [4.78, 5) is 19.4. The molecule has 0 spiro atoms. The molecule has 0 aliphatic carbocycles. The molecule has 4 aromatic rings. The second-order valence-electron chi connectivity index (χ2n) is 5.82. The molecule has 0 fully saturated rings. The number of hydrogen-bond acceptors (Lipinski definition) is 6. The molecule has 7 heteroatoms. The Kier molecular flexibility index (Phi) is 4.32. The smallest absolute Gasteiger partial charge is 0.334 e. The van der Waals surface area contributed by atoms with Gasteiger partial charge in [-0.15, -0.1) is 0 Å². The van der Waals surface area contributed by atoms with Crippen molar-refractivity contribution in [2.45, 2.75) is 0 Å². The Balaban J connectivity index is 1.76. The van der Waals surface area contributed by atoms with Crippen molar-refractivity contribution in [2.24, 2.45) is 0 Å².